The third-order valence-corrected chi connectivity index (χ3v) is 8.07. The van der Waals surface area contributed by atoms with Crippen LogP contribution in [0, 0.1) is 23.2 Å². The summed E-state index contributed by atoms with van der Waals surface area (Å²) in [5.41, 5.74) is 1.59. The fraction of sp³-hybridized carbons (Fsp3) is 0.720. The molecule has 4 bridgehead atoms. The molecule has 1 amide bonds. The van der Waals surface area contributed by atoms with Gasteiger partial charge in [-0.2, -0.15) is 0 Å². The Kier molecular flexibility index (Phi) is 5.65. The molecule has 5 aliphatic rings. The predicted octanol–water partition coefficient (Wildman–Crippen LogP) is 3.54. The van der Waals surface area contributed by atoms with Gasteiger partial charge in [0.15, 0.2) is 0 Å². The molecule has 1 heterocycles. The number of ether oxygens (including phenoxy) is 1. The van der Waals surface area contributed by atoms with Gasteiger partial charge in [0, 0.05) is 32.7 Å². The molecule has 4 aliphatic carbocycles. The number of para-hydroxylation sites is 2. The number of nitrogens with zero attached hydrogens (tertiary/aromatic N) is 2. The summed E-state index contributed by atoms with van der Waals surface area (Å²) < 4.78 is 5.79. The van der Waals surface area contributed by atoms with E-state index in [0.29, 0.717) is 18.6 Å². The highest BCUT2D eigenvalue weighted by Crippen LogP contribution is 2.59. The summed E-state index contributed by atoms with van der Waals surface area (Å²) in [4.78, 5) is 17.4. The summed E-state index contributed by atoms with van der Waals surface area (Å²) in [5, 5.41) is 3.34. The first-order valence-electron chi connectivity index (χ1n) is 12.1. The number of hydrogen-bond acceptors (Lipinski definition) is 4. The third-order valence-electron chi connectivity index (χ3n) is 8.07. The monoisotopic (exact) mass is 411 g/mol. The lowest BCUT2D eigenvalue weighted by Crippen LogP contribution is -2.53. The molecule has 5 fully saturated rings. The average molecular weight is 412 g/mol. The van der Waals surface area contributed by atoms with Crippen molar-refractivity contribution in [2.75, 3.05) is 50.8 Å². The van der Waals surface area contributed by atoms with Crippen molar-refractivity contribution in [1.82, 2.24) is 10.2 Å². The summed E-state index contributed by atoms with van der Waals surface area (Å²) in [6.45, 7) is 7.87. The van der Waals surface area contributed by atoms with Gasteiger partial charge in [-0.3, -0.25) is 9.69 Å². The molecule has 0 atom stereocenters. The smallest absolute Gasteiger partial charge is 0.234 e. The highest BCUT2D eigenvalue weighted by atomic mass is 16.5. The first-order chi connectivity index (χ1) is 14.6. The van der Waals surface area contributed by atoms with Crippen molar-refractivity contribution in [2.45, 2.75) is 45.4 Å². The van der Waals surface area contributed by atoms with Crippen molar-refractivity contribution in [3.63, 3.8) is 0 Å². The molecule has 1 aliphatic heterocycles. The molecule has 5 nitrogen and oxygen atoms in total. The molecule has 0 aromatic heterocycles. The number of carbonyl (C=O) groups excluding carboxylic acids is 1. The largest absolute Gasteiger partial charge is 0.492 e. The molecule has 0 unspecified atom stereocenters. The van der Waals surface area contributed by atoms with Crippen LogP contribution in [-0.4, -0.2) is 56.7 Å². The van der Waals surface area contributed by atoms with Crippen LogP contribution < -0.4 is 15.0 Å². The highest BCUT2D eigenvalue weighted by molar-refractivity contribution is 5.78. The standard InChI is InChI=1S/C25H37N3O2/c1-2-30-23-6-4-3-5-22(23)28-9-7-27(8-10-28)17-24(29)26-18-25-14-19-11-20(15-25)13-21(12-19)16-25/h3-6,19-21H,2,7-18H2,1H3,(H,26,29). The van der Waals surface area contributed by atoms with Gasteiger partial charge in [0.1, 0.15) is 5.75 Å². The minimum atomic E-state index is 0.217. The van der Waals surface area contributed by atoms with Crippen LogP contribution in [0.3, 0.4) is 0 Å². The Morgan fingerprint density at radius 3 is 2.30 bits per heavy atom. The second-order valence-electron chi connectivity index (χ2n) is 10.4. The molecule has 0 radical (unpaired) electrons. The van der Waals surface area contributed by atoms with Gasteiger partial charge in [-0.25, -0.2) is 0 Å². The lowest BCUT2D eigenvalue weighted by atomic mass is 9.49. The number of hydrogen-bond donors (Lipinski definition) is 1. The van der Waals surface area contributed by atoms with Gasteiger partial charge in [-0.1, -0.05) is 12.1 Å². The lowest BCUT2D eigenvalue weighted by Gasteiger charge is -2.57. The van der Waals surface area contributed by atoms with Crippen molar-refractivity contribution >= 4 is 11.6 Å². The average Bonchev–Trinajstić information content (AvgIpc) is 2.73. The summed E-state index contributed by atoms with van der Waals surface area (Å²) in [7, 11) is 0. The SMILES string of the molecule is CCOc1ccccc1N1CCN(CC(=O)NCC23CC4CC(CC(C4)C2)C3)CC1. The number of carbonyl (C=O) groups is 1. The minimum absolute atomic E-state index is 0.217. The minimum Gasteiger partial charge on any atom is -0.492 e. The van der Waals surface area contributed by atoms with Crippen LogP contribution in [0.5, 0.6) is 5.75 Å². The van der Waals surface area contributed by atoms with Gasteiger partial charge in [0.2, 0.25) is 5.91 Å². The van der Waals surface area contributed by atoms with E-state index in [1.54, 1.807) is 0 Å². The van der Waals surface area contributed by atoms with Gasteiger partial charge < -0.3 is 15.0 Å². The van der Waals surface area contributed by atoms with Crippen LogP contribution in [-0.2, 0) is 4.79 Å². The van der Waals surface area contributed by atoms with Crippen molar-refractivity contribution < 1.29 is 9.53 Å². The number of amides is 1. The number of rotatable bonds is 7. The fourth-order valence-corrected chi connectivity index (χ4v) is 7.19. The quantitative estimate of drug-likeness (QED) is 0.745. The van der Waals surface area contributed by atoms with E-state index in [9.17, 15) is 4.79 Å². The number of benzene rings is 1. The Hall–Kier alpha value is -1.75. The number of nitrogens with one attached hydrogen (secondary N) is 1. The zero-order valence-corrected chi connectivity index (χ0v) is 18.4. The Balaban J connectivity index is 1.09. The second-order valence-corrected chi connectivity index (χ2v) is 10.4. The van der Waals surface area contributed by atoms with E-state index >= 15 is 0 Å². The van der Waals surface area contributed by atoms with Crippen LogP contribution in [0.4, 0.5) is 5.69 Å². The molecule has 1 aromatic carbocycles. The molecular weight excluding hydrogens is 374 g/mol. The van der Waals surface area contributed by atoms with Gasteiger partial charge >= 0.3 is 0 Å². The van der Waals surface area contributed by atoms with E-state index in [2.05, 4.69) is 27.2 Å². The van der Waals surface area contributed by atoms with Crippen molar-refractivity contribution in [3.8, 4) is 5.75 Å². The normalized spacial score (nSPS) is 33.0. The van der Waals surface area contributed by atoms with Crippen molar-refractivity contribution in [1.29, 1.82) is 0 Å². The molecule has 1 saturated heterocycles. The summed E-state index contributed by atoms with van der Waals surface area (Å²) in [6, 6.07) is 8.28. The predicted molar refractivity (Wildman–Crippen MR) is 120 cm³/mol. The van der Waals surface area contributed by atoms with Gasteiger partial charge in [0.05, 0.1) is 18.8 Å². The van der Waals surface area contributed by atoms with E-state index in [-0.39, 0.29) is 5.91 Å². The Labute approximate surface area is 181 Å². The van der Waals surface area contributed by atoms with E-state index < -0.39 is 0 Å². The molecule has 1 aromatic rings. The topological polar surface area (TPSA) is 44.8 Å². The molecule has 5 heteroatoms. The van der Waals surface area contributed by atoms with E-state index in [0.717, 1.165) is 56.2 Å². The second kappa shape index (κ2) is 8.41. The van der Waals surface area contributed by atoms with Crippen molar-refractivity contribution in [2.24, 2.45) is 23.2 Å². The Morgan fingerprint density at radius 2 is 1.67 bits per heavy atom. The maximum absolute atomic E-state index is 12.7. The van der Waals surface area contributed by atoms with Crippen LogP contribution in [0.1, 0.15) is 45.4 Å². The van der Waals surface area contributed by atoms with E-state index in [1.807, 2.05) is 19.1 Å². The molecule has 1 N–H and O–H groups in total. The maximum Gasteiger partial charge on any atom is 0.234 e. The molecule has 6 rings (SSSR count). The molecule has 30 heavy (non-hydrogen) atoms. The molecule has 164 valence electrons. The molecule has 4 saturated carbocycles. The van der Waals surface area contributed by atoms with Crippen LogP contribution in [0.15, 0.2) is 24.3 Å². The summed E-state index contributed by atoms with van der Waals surface area (Å²) in [5.74, 6) is 4.01. The first-order valence-corrected chi connectivity index (χ1v) is 12.1. The maximum atomic E-state index is 12.7. The van der Waals surface area contributed by atoms with Gasteiger partial charge in [0.25, 0.3) is 0 Å². The Bertz CT molecular complexity index is 721. The lowest BCUT2D eigenvalue weighted by molar-refractivity contribution is -0.124. The third kappa shape index (κ3) is 4.18. The molecular formula is C25H37N3O2. The number of anilines is 1. The Morgan fingerprint density at radius 1 is 1.03 bits per heavy atom. The van der Waals surface area contributed by atoms with Crippen LogP contribution in [0.2, 0.25) is 0 Å². The number of piperazine rings is 1. The van der Waals surface area contributed by atoms with Crippen molar-refractivity contribution in [3.05, 3.63) is 24.3 Å². The van der Waals surface area contributed by atoms with E-state index in [4.69, 9.17) is 4.74 Å². The first kappa shape index (κ1) is 20.2. The molecule has 0 spiro atoms. The highest BCUT2D eigenvalue weighted by Gasteiger charge is 2.50. The van der Waals surface area contributed by atoms with E-state index in [1.165, 1.54) is 44.2 Å². The zero-order chi connectivity index (χ0) is 20.6. The summed E-state index contributed by atoms with van der Waals surface area (Å²) in [6.07, 6.45) is 8.46. The van der Waals surface area contributed by atoms with Gasteiger partial charge in [-0.15, -0.1) is 0 Å². The van der Waals surface area contributed by atoms with Gasteiger partial charge in [-0.05, 0) is 80.8 Å². The summed E-state index contributed by atoms with van der Waals surface area (Å²) >= 11 is 0. The zero-order valence-electron chi connectivity index (χ0n) is 18.4. The van der Waals surface area contributed by atoms with Crippen LogP contribution >= 0.6 is 0 Å². The fourth-order valence-electron chi connectivity index (χ4n) is 7.19. The van der Waals surface area contributed by atoms with Crippen LogP contribution in [0.25, 0.3) is 0 Å².